The lowest BCUT2D eigenvalue weighted by Crippen LogP contribution is -2.28. The lowest BCUT2D eigenvalue weighted by molar-refractivity contribution is 0.218. The van der Waals surface area contributed by atoms with E-state index in [-0.39, 0.29) is 5.84 Å². The molecule has 1 heterocycles. The van der Waals surface area contributed by atoms with E-state index >= 15 is 0 Å². The van der Waals surface area contributed by atoms with E-state index in [1.54, 1.807) is 6.07 Å². The average Bonchev–Trinajstić information content (AvgIpc) is 2.36. The van der Waals surface area contributed by atoms with Crippen molar-refractivity contribution in [2.24, 2.45) is 5.73 Å². The van der Waals surface area contributed by atoms with Crippen LogP contribution in [0.25, 0.3) is 0 Å². The summed E-state index contributed by atoms with van der Waals surface area (Å²) in [6, 6.07) is 1.60. The molecule has 0 aliphatic rings. The van der Waals surface area contributed by atoms with Crippen molar-refractivity contribution in [1.29, 1.82) is 5.41 Å². The van der Waals surface area contributed by atoms with E-state index in [2.05, 4.69) is 23.7 Å². The minimum atomic E-state index is -0.0870. The van der Waals surface area contributed by atoms with Gasteiger partial charge in [-0.3, -0.25) is 5.41 Å². The number of aromatic nitrogens is 1. The molecule has 100 valence electrons. The molecule has 0 aromatic carbocycles. The molecule has 0 saturated carbocycles. The van der Waals surface area contributed by atoms with Crippen molar-refractivity contribution in [1.82, 2.24) is 9.88 Å². The lowest BCUT2D eigenvalue weighted by atomic mass is 10.2. The van der Waals surface area contributed by atoms with E-state index < -0.39 is 0 Å². The monoisotopic (exact) mass is 270 g/mol. The van der Waals surface area contributed by atoms with E-state index in [0.717, 1.165) is 19.6 Å². The highest BCUT2D eigenvalue weighted by Gasteiger charge is 2.11. The molecule has 0 radical (unpaired) electrons. The van der Waals surface area contributed by atoms with Gasteiger partial charge in [0.25, 0.3) is 0 Å². The third-order valence-corrected chi connectivity index (χ3v) is 3.05. The molecule has 0 fully saturated rings. The van der Waals surface area contributed by atoms with Crippen LogP contribution in [-0.4, -0.2) is 42.0 Å². The van der Waals surface area contributed by atoms with Gasteiger partial charge >= 0.3 is 0 Å². The molecule has 3 N–H and O–H groups in total. The maximum atomic E-state index is 7.38. The largest absolute Gasteiger partial charge is 0.475 e. The smallest absolute Gasteiger partial charge is 0.233 e. The molecule has 1 aromatic heterocycles. The van der Waals surface area contributed by atoms with Gasteiger partial charge in [0.1, 0.15) is 17.5 Å². The van der Waals surface area contributed by atoms with Gasteiger partial charge in [-0.15, -0.1) is 0 Å². The van der Waals surface area contributed by atoms with Crippen molar-refractivity contribution in [3.63, 3.8) is 0 Å². The molecule has 0 saturated heterocycles. The van der Waals surface area contributed by atoms with Crippen molar-refractivity contribution in [3.05, 3.63) is 22.8 Å². The second-order valence-electron chi connectivity index (χ2n) is 3.77. The molecule has 5 nitrogen and oxygen atoms in total. The first-order chi connectivity index (χ1) is 8.60. The number of ether oxygens (including phenoxy) is 1. The number of likely N-dealkylation sites (N-methyl/N-ethyl adjacent to an activating group) is 1. The number of hydrogen-bond acceptors (Lipinski definition) is 4. The van der Waals surface area contributed by atoms with E-state index in [1.807, 2.05) is 0 Å². The Bertz CT molecular complexity index is 407. The quantitative estimate of drug-likeness (QED) is 0.585. The lowest BCUT2D eigenvalue weighted by Gasteiger charge is -2.18. The van der Waals surface area contributed by atoms with Crippen LogP contribution < -0.4 is 10.5 Å². The SMILES string of the molecule is CCN(CC)CCOc1nccc(C(=N)N)c1Cl. The highest BCUT2D eigenvalue weighted by molar-refractivity contribution is 6.35. The maximum Gasteiger partial charge on any atom is 0.233 e. The first-order valence-corrected chi connectivity index (χ1v) is 6.32. The summed E-state index contributed by atoms with van der Waals surface area (Å²) in [6.07, 6.45) is 1.54. The predicted octanol–water partition coefficient (Wildman–Crippen LogP) is 1.74. The van der Waals surface area contributed by atoms with Gasteiger partial charge in [-0.25, -0.2) is 4.98 Å². The summed E-state index contributed by atoms with van der Waals surface area (Å²) >= 11 is 6.06. The maximum absolute atomic E-state index is 7.38. The van der Waals surface area contributed by atoms with Crippen LogP contribution in [0.15, 0.2) is 12.3 Å². The number of halogens is 1. The molecule has 0 bridgehead atoms. The van der Waals surface area contributed by atoms with Gasteiger partial charge in [0.2, 0.25) is 5.88 Å². The van der Waals surface area contributed by atoms with Crippen LogP contribution in [0.1, 0.15) is 19.4 Å². The molecule has 1 aromatic rings. The molecule has 6 heteroatoms. The molecule has 18 heavy (non-hydrogen) atoms. The zero-order chi connectivity index (χ0) is 13.5. The van der Waals surface area contributed by atoms with Crippen molar-refractivity contribution in [2.75, 3.05) is 26.2 Å². The van der Waals surface area contributed by atoms with E-state index in [4.69, 9.17) is 27.5 Å². The summed E-state index contributed by atoms with van der Waals surface area (Å²) in [5.74, 6) is 0.243. The molecular weight excluding hydrogens is 252 g/mol. The molecule has 1 rings (SSSR count). The number of nitrogen functional groups attached to an aromatic ring is 1. The summed E-state index contributed by atoms with van der Waals surface area (Å²) in [5.41, 5.74) is 5.86. The van der Waals surface area contributed by atoms with Crippen LogP contribution >= 0.6 is 11.6 Å². The van der Waals surface area contributed by atoms with E-state index in [0.29, 0.717) is 23.1 Å². The first-order valence-electron chi connectivity index (χ1n) is 5.94. The van der Waals surface area contributed by atoms with Gasteiger partial charge in [-0.05, 0) is 19.2 Å². The third-order valence-electron chi connectivity index (χ3n) is 2.69. The predicted molar refractivity (Wildman–Crippen MR) is 73.5 cm³/mol. The number of nitrogens with two attached hydrogens (primary N) is 1. The fourth-order valence-electron chi connectivity index (χ4n) is 1.54. The second kappa shape index (κ2) is 7.18. The topological polar surface area (TPSA) is 75.2 Å². The van der Waals surface area contributed by atoms with Crippen molar-refractivity contribution < 1.29 is 4.74 Å². The summed E-state index contributed by atoms with van der Waals surface area (Å²) in [4.78, 5) is 6.28. The minimum Gasteiger partial charge on any atom is -0.475 e. The van der Waals surface area contributed by atoms with Gasteiger partial charge in [0.15, 0.2) is 0 Å². The van der Waals surface area contributed by atoms with Crippen LogP contribution in [0, 0.1) is 5.41 Å². The van der Waals surface area contributed by atoms with Gasteiger partial charge in [-0.2, -0.15) is 0 Å². The summed E-state index contributed by atoms with van der Waals surface area (Å²) in [6.45, 7) is 7.49. The van der Waals surface area contributed by atoms with Gasteiger partial charge in [-0.1, -0.05) is 25.4 Å². The van der Waals surface area contributed by atoms with Gasteiger partial charge in [0, 0.05) is 18.3 Å². The fraction of sp³-hybridized carbons (Fsp3) is 0.500. The van der Waals surface area contributed by atoms with E-state index in [9.17, 15) is 0 Å². The number of nitrogens with one attached hydrogen (secondary N) is 1. The van der Waals surface area contributed by atoms with Gasteiger partial charge in [0.05, 0.1) is 0 Å². The Morgan fingerprint density at radius 1 is 1.50 bits per heavy atom. The van der Waals surface area contributed by atoms with E-state index in [1.165, 1.54) is 6.20 Å². The average molecular weight is 271 g/mol. The van der Waals surface area contributed by atoms with Crippen molar-refractivity contribution in [3.8, 4) is 5.88 Å². The Hall–Kier alpha value is -1.33. The van der Waals surface area contributed by atoms with Crippen LogP contribution in [0.4, 0.5) is 0 Å². The van der Waals surface area contributed by atoms with Crippen molar-refractivity contribution >= 4 is 17.4 Å². The molecule has 0 atom stereocenters. The summed E-state index contributed by atoms with van der Waals surface area (Å²) < 4.78 is 5.52. The van der Waals surface area contributed by atoms with Crippen LogP contribution in [0.3, 0.4) is 0 Å². The molecule has 0 amide bonds. The Morgan fingerprint density at radius 2 is 2.17 bits per heavy atom. The third kappa shape index (κ3) is 3.85. The number of nitrogens with zero attached hydrogens (tertiary/aromatic N) is 2. The number of rotatable bonds is 7. The molecule has 0 spiro atoms. The van der Waals surface area contributed by atoms with Crippen LogP contribution in [-0.2, 0) is 0 Å². The number of hydrogen-bond donors (Lipinski definition) is 2. The molecule has 0 aliphatic carbocycles. The Labute approximate surface area is 112 Å². The molecular formula is C12H19ClN4O. The summed E-state index contributed by atoms with van der Waals surface area (Å²) in [5, 5.41) is 7.68. The fourth-order valence-corrected chi connectivity index (χ4v) is 1.81. The Balaban J connectivity index is 2.63. The normalized spacial score (nSPS) is 10.7. The molecule has 0 unspecified atom stereocenters. The first kappa shape index (κ1) is 14.7. The number of amidine groups is 1. The highest BCUT2D eigenvalue weighted by Crippen LogP contribution is 2.25. The molecule has 0 aliphatic heterocycles. The summed E-state index contributed by atoms with van der Waals surface area (Å²) in [7, 11) is 0. The van der Waals surface area contributed by atoms with Crippen LogP contribution in [0.5, 0.6) is 5.88 Å². The Kier molecular flexibility index (Phi) is 5.88. The zero-order valence-electron chi connectivity index (χ0n) is 10.7. The van der Waals surface area contributed by atoms with Gasteiger partial charge < -0.3 is 15.4 Å². The second-order valence-corrected chi connectivity index (χ2v) is 4.14. The highest BCUT2D eigenvalue weighted by atomic mass is 35.5. The zero-order valence-corrected chi connectivity index (χ0v) is 11.5. The minimum absolute atomic E-state index is 0.0870. The Morgan fingerprint density at radius 3 is 2.72 bits per heavy atom. The standard InChI is InChI=1S/C12H19ClN4O/c1-3-17(4-2)7-8-18-12-10(13)9(11(14)15)5-6-16-12/h5-6H,3-4,7-8H2,1-2H3,(H3,14,15). The number of pyridine rings is 1. The van der Waals surface area contributed by atoms with Crippen molar-refractivity contribution in [2.45, 2.75) is 13.8 Å². The van der Waals surface area contributed by atoms with Crippen LogP contribution in [0.2, 0.25) is 5.02 Å².